The van der Waals surface area contributed by atoms with Crippen LogP contribution in [0.1, 0.15) is 33.8 Å². The fraction of sp³-hybridized carbons (Fsp3) is 0.389. The van der Waals surface area contributed by atoms with Gasteiger partial charge in [-0.3, -0.25) is 14.4 Å². The molecule has 0 saturated carbocycles. The SMILES string of the molecule is Cn1cccc(C(=O)N2CCC(CNC(=O)c3ccco3)CC2)c1=O. The van der Waals surface area contributed by atoms with Gasteiger partial charge < -0.3 is 19.2 Å². The molecule has 0 radical (unpaired) electrons. The summed E-state index contributed by atoms with van der Waals surface area (Å²) in [7, 11) is 1.63. The summed E-state index contributed by atoms with van der Waals surface area (Å²) in [5.74, 6) is 0.157. The maximum absolute atomic E-state index is 12.5. The number of carbonyl (C=O) groups is 2. The van der Waals surface area contributed by atoms with E-state index in [4.69, 9.17) is 4.42 Å². The number of nitrogens with one attached hydrogen (secondary N) is 1. The van der Waals surface area contributed by atoms with Crippen LogP contribution in [0, 0.1) is 5.92 Å². The molecule has 3 heterocycles. The first-order valence-corrected chi connectivity index (χ1v) is 8.33. The predicted molar refractivity (Wildman–Crippen MR) is 91.4 cm³/mol. The minimum absolute atomic E-state index is 0.203. The highest BCUT2D eigenvalue weighted by molar-refractivity contribution is 5.94. The summed E-state index contributed by atoms with van der Waals surface area (Å²) < 4.78 is 6.46. The number of piperidine rings is 1. The van der Waals surface area contributed by atoms with Crippen LogP contribution >= 0.6 is 0 Å². The van der Waals surface area contributed by atoms with E-state index in [-0.39, 0.29) is 22.9 Å². The molecule has 1 aliphatic heterocycles. The zero-order valence-electron chi connectivity index (χ0n) is 14.1. The van der Waals surface area contributed by atoms with Crippen molar-refractivity contribution in [3.8, 4) is 0 Å². The highest BCUT2D eigenvalue weighted by Gasteiger charge is 2.25. The molecule has 1 fully saturated rings. The largest absolute Gasteiger partial charge is 0.459 e. The number of aromatic nitrogens is 1. The van der Waals surface area contributed by atoms with Gasteiger partial charge >= 0.3 is 0 Å². The monoisotopic (exact) mass is 343 g/mol. The minimum Gasteiger partial charge on any atom is -0.459 e. The Morgan fingerprint density at radius 2 is 2.00 bits per heavy atom. The van der Waals surface area contributed by atoms with Gasteiger partial charge in [0, 0.05) is 32.9 Å². The van der Waals surface area contributed by atoms with Gasteiger partial charge in [-0.15, -0.1) is 0 Å². The van der Waals surface area contributed by atoms with E-state index in [2.05, 4.69) is 5.32 Å². The first-order valence-electron chi connectivity index (χ1n) is 8.33. The van der Waals surface area contributed by atoms with E-state index in [1.807, 2.05) is 0 Å². The smallest absolute Gasteiger partial charge is 0.286 e. The van der Waals surface area contributed by atoms with E-state index < -0.39 is 0 Å². The predicted octanol–water partition coefficient (Wildman–Crippen LogP) is 1.26. The lowest BCUT2D eigenvalue weighted by Gasteiger charge is -2.32. The number of rotatable bonds is 4. The van der Waals surface area contributed by atoms with Crippen molar-refractivity contribution >= 4 is 11.8 Å². The van der Waals surface area contributed by atoms with Crippen molar-refractivity contribution in [1.82, 2.24) is 14.8 Å². The molecular weight excluding hydrogens is 322 g/mol. The molecule has 2 amide bonds. The second kappa shape index (κ2) is 7.38. The zero-order valence-corrected chi connectivity index (χ0v) is 14.1. The van der Waals surface area contributed by atoms with Gasteiger partial charge in [0.25, 0.3) is 17.4 Å². The summed E-state index contributed by atoms with van der Waals surface area (Å²) >= 11 is 0. The summed E-state index contributed by atoms with van der Waals surface area (Å²) in [6, 6.07) is 6.57. The molecule has 0 aromatic carbocycles. The van der Waals surface area contributed by atoms with E-state index in [9.17, 15) is 14.4 Å². The van der Waals surface area contributed by atoms with Crippen molar-refractivity contribution in [3.63, 3.8) is 0 Å². The molecule has 0 aliphatic carbocycles. The average Bonchev–Trinajstić information content (AvgIpc) is 3.17. The average molecular weight is 343 g/mol. The van der Waals surface area contributed by atoms with E-state index in [0.29, 0.717) is 31.3 Å². The Kier molecular flexibility index (Phi) is 5.02. The molecule has 3 rings (SSSR count). The summed E-state index contributed by atoms with van der Waals surface area (Å²) in [6.45, 7) is 1.71. The number of furan rings is 1. The second-order valence-electron chi connectivity index (χ2n) is 6.26. The number of aryl methyl sites for hydroxylation is 1. The lowest BCUT2D eigenvalue weighted by molar-refractivity contribution is 0.0681. The van der Waals surface area contributed by atoms with Crippen LogP contribution in [0.15, 0.2) is 45.9 Å². The summed E-state index contributed by atoms with van der Waals surface area (Å²) in [5, 5.41) is 2.86. The Balaban J connectivity index is 1.51. The van der Waals surface area contributed by atoms with Crippen molar-refractivity contribution in [2.45, 2.75) is 12.8 Å². The van der Waals surface area contributed by atoms with Gasteiger partial charge in [0.2, 0.25) is 0 Å². The van der Waals surface area contributed by atoms with Crippen molar-refractivity contribution in [2.24, 2.45) is 13.0 Å². The van der Waals surface area contributed by atoms with Gasteiger partial charge in [-0.2, -0.15) is 0 Å². The number of amides is 2. The first kappa shape index (κ1) is 17.0. The van der Waals surface area contributed by atoms with Gasteiger partial charge in [0.05, 0.1) is 6.26 Å². The second-order valence-corrected chi connectivity index (χ2v) is 6.26. The topological polar surface area (TPSA) is 84.6 Å². The van der Waals surface area contributed by atoms with E-state index in [0.717, 1.165) is 12.8 Å². The Bertz CT molecular complexity index is 802. The summed E-state index contributed by atoms with van der Waals surface area (Å²) in [6.07, 6.45) is 4.68. The maximum atomic E-state index is 12.5. The van der Waals surface area contributed by atoms with E-state index in [1.165, 1.54) is 10.8 Å². The van der Waals surface area contributed by atoms with E-state index >= 15 is 0 Å². The third-order valence-corrected chi connectivity index (χ3v) is 4.55. The van der Waals surface area contributed by atoms with Crippen molar-refractivity contribution in [3.05, 3.63) is 58.4 Å². The molecule has 2 aromatic heterocycles. The van der Waals surface area contributed by atoms with Gasteiger partial charge in [0.1, 0.15) is 5.56 Å². The molecular formula is C18H21N3O4. The number of hydrogen-bond acceptors (Lipinski definition) is 4. The quantitative estimate of drug-likeness (QED) is 0.906. The molecule has 0 spiro atoms. The fourth-order valence-electron chi connectivity index (χ4n) is 3.00. The molecule has 0 atom stereocenters. The highest BCUT2D eigenvalue weighted by atomic mass is 16.3. The molecule has 1 aliphatic rings. The summed E-state index contributed by atoms with van der Waals surface area (Å²) in [4.78, 5) is 38.2. The van der Waals surface area contributed by atoms with Crippen molar-refractivity contribution in [2.75, 3.05) is 19.6 Å². The van der Waals surface area contributed by atoms with E-state index in [1.54, 1.807) is 42.4 Å². The third kappa shape index (κ3) is 3.81. The molecule has 25 heavy (non-hydrogen) atoms. The molecule has 0 unspecified atom stereocenters. The highest BCUT2D eigenvalue weighted by Crippen LogP contribution is 2.18. The van der Waals surface area contributed by atoms with Crippen LogP contribution < -0.4 is 10.9 Å². The molecule has 0 bridgehead atoms. The number of likely N-dealkylation sites (tertiary alicyclic amines) is 1. The molecule has 7 nitrogen and oxygen atoms in total. The Morgan fingerprint density at radius 3 is 2.68 bits per heavy atom. The van der Waals surface area contributed by atoms with Gasteiger partial charge in [-0.25, -0.2) is 0 Å². The Morgan fingerprint density at radius 1 is 1.24 bits per heavy atom. The molecule has 1 saturated heterocycles. The van der Waals surface area contributed by atoms with Crippen LogP contribution in [0.25, 0.3) is 0 Å². The van der Waals surface area contributed by atoms with Gasteiger partial charge in [-0.1, -0.05) is 0 Å². The van der Waals surface area contributed by atoms with Crippen LogP contribution in [0.5, 0.6) is 0 Å². The number of hydrogen-bond donors (Lipinski definition) is 1. The molecule has 132 valence electrons. The van der Waals surface area contributed by atoms with Crippen LogP contribution in [-0.4, -0.2) is 40.9 Å². The normalized spacial score (nSPS) is 15.2. The Hall–Kier alpha value is -2.83. The zero-order chi connectivity index (χ0) is 17.8. The van der Waals surface area contributed by atoms with Crippen molar-refractivity contribution < 1.29 is 14.0 Å². The van der Waals surface area contributed by atoms with Gasteiger partial charge in [0.15, 0.2) is 5.76 Å². The fourth-order valence-corrected chi connectivity index (χ4v) is 3.00. The van der Waals surface area contributed by atoms with Crippen molar-refractivity contribution in [1.29, 1.82) is 0 Å². The van der Waals surface area contributed by atoms with Crippen LogP contribution in [0.2, 0.25) is 0 Å². The van der Waals surface area contributed by atoms with Gasteiger partial charge in [-0.05, 0) is 43.0 Å². The number of nitrogens with zero attached hydrogens (tertiary/aromatic N) is 2. The molecule has 2 aromatic rings. The lowest BCUT2D eigenvalue weighted by atomic mass is 9.96. The number of carbonyl (C=O) groups excluding carboxylic acids is 2. The molecule has 1 N–H and O–H groups in total. The van der Waals surface area contributed by atoms with Crippen LogP contribution in [0.4, 0.5) is 0 Å². The third-order valence-electron chi connectivity index (χ3n) is 4.55. The van der Waals surface area contributed by atoms with Crippen LogP contribution in [-0.2, 0) is 7.05 Å². The maximum Gasteiger partial charge on any atom is 0.286 e. The Labute approximate surface area is 145 Å². The first-order chi connectivity index (χ1) is 12.1. The number of pyridine rings is 1. The molecule has 7 heteroatoms. The summed E-state index contributed by atoms with van der Waals surface area (Å²) in [5.41, 5.74) is -0.0742. The standard InChI is InChI=1S/C18H21N3O4/c1-20-8-2-4-14(17(20)23)18(24)21-9-6-13(7-10-21)12-19-16(22)15-5-3-11-25-15/h2-5,8,11,13H,6-7,9-10,12H2,1H3,(H,19,22). The lowest BCUT2D eigenvalue weighted by Crippen LogP contribution is -2.43. The minimum atomic E-state index is -0.277. The van der Waals surface area contributed by atoms with Crippen LogP contribution in [0.3, 0.4) is 0 Å².